The molecule has 0 spiro atoms. The van der Waals surface area contributed by atoms with Crippen LogP contribution in [0.15, 0.2) is 18.3 Å². The minimum absolute atomic E-state index is 0.340. The van der Waals surface area contributed by atoms with Gasteiger partial charge >= 0.3 is 0 Å². The van der Waals surface area contributed by atoms with Crippen molar-refractivity contribution < 1.29 is 4.74 Å². The number of ether oxygens (including phenoxy) is 1. The van der Waals surface area contributed by atoms with E-state index in [1.807, 2.05) is 6.07 Å². The first-order valence-electron chi connectivity index (χ1n) is 11.0. The number of H-pyrrole nitrogens is 1. The molecule has 0 bridgehead atoms. The summed E-state index contributed by atoms with van der Waals surface area (Å²) in [7, 11) is 0. The van der Waals surface area contributed by atoms with E-state index in [9.17, 15) is 0 Å². The van der Waals surface area contributed by atoms with Gasteiger partial charge in [0.2, 0.25) is 5.95 Å². The van der Waals surface area contributed by atoms with Crippen LogP contribution >= 0.6 is 0 Å². The van der Waals surface area contributed by atoms with Gasteiger partial charge in [-0.3, -0.25) is 5.10 Å². The number of nitrogens with one attached hydrogen (secondary N) is 3. The fourth-order valence-electron chi connectivity index (χ4n) is 4.19. The normalized spacial score (nSPS) is 24.5. The quantitative estimate of drug-likeness (QED) is 0.478. The number of hydrogen-bond donors (Lipinski definition) is 4. The second-order valence-electron chi connectivity index (χ2n) is 8.40. The molecule has 1 atom stereocenters. The van der Waals surface area contributed by atoms with Crippen LogP contribution in [0.25, 0.3) is 0 Å². The number of nitrogens with two attached hydrogens (primary N) is 1. The first kappa shape index (κ1) is 20.1. The van der Waals surface area contributed by atoms with Gasteiger partial charge < -0.3 is 21.1 Å². The average Bonchev–Trinajstić information content (AvgIpc) is 3.40. The summed E-state index contributed by atoms with van der Waals surface area (Å²) in [5, 5.41) is 14.2. The zero-order valence-corrected chi connectivity index (χ0v) is 17.1. The molecule has 4 rings (SSSR count). The number of anilines is 3. The van der Waals surface area contributed by atoms with Gasteiger partial charge in [0.1, 0.15) is 5.82 Å². The standard InChI is InChI=1S/C21H33N7O/c22-16-5-7-17(8-6-16)24-21-23-11-9-19(26-21)25-20-13-18(27-28-20)4-2-1-3-15-10-12-29-14-15/h9,11,13,15-17H,1-8,10,12,14,22H2,(H3,23,24,25,26,27,28). The van der Waals surface area contributed by atoms with Gasteiger partial charge in [0.25, 0.3) is 0 Å². The molecule has 2 aromatic rings. The highest BCUT2D eigenvalue weighted by Gasteiger charge is 2.19. The summed E-state index contributed by atoms with van der Waals surface area (Å²) in [6.07, 6.45) is 11.9. The number of aromatic nitrogens is 4. The number of hydrogen-bond acceptors (Lipinski definition) is 7. The zero-order valence-electron chi connectivity index (χ0n) is 17.1. The van der Waals surface area contributed by atoms with Gasteiger partial charge in [-0.2, -0.15) is 10.1 Å². The monoisotopic (exact) mass is 399 g/mol. The smallest absolute Gasteiger partial charge is 0.224 e. The molecule has 29 heavy (non-hydrogen) atoms. The topological polar surface area (TPSA) is 114 Å². The van der Waals surface area contributed by atoms with Gasteiger partial charge in [-0.1, -0.05) is 6.42 Å². The van der Waals surface area contributed by atoms with Crippen molar-refractivity contribution in [3.05, 3.63) is 24.0 Å². The summed E-state index contributed by atoms with van der Waals surface area (Å²) in [5.74, 6) is 2.95. The second kappa shape index (κ2) is 10.0. The van der Waals surface area contributed by atoms with Crippen LogP contribution in [-0.2, 0) is 11.2 Å². The summed E-state index contributed by atoms with van der Waals surface area (Å²) in [6, 6.07) is 4.67. The largest absolute Gasteiger partial charge is 0.381 e. The third-order valence-corrected chi connectivity index (χ3v) is 5.98. The van der Waals surface area contributed by atoms with E-state index in [1.54, 1.807) is 6.20 Å². The molecule has 5 N–H and O–H groups in total. The van der Waals surface area contributed by atoms with Crippen molar-refractivity contribution in [3.8, 4) is 0 Å². The first-order chi connectivity index (χ1) is 14.2. The molecule has 1 saturated carbocycles. The van der Waals surface area contributed by atoms with Crippen LogP contribution in [0.1, 0.15) is 57.1 Å². The van der Waals surface area contributed by atoms with Crippen LogP contribution < -0.4 is 16.4 Å². The zero-order chi connectivity index (χ0) is 19.9. The van der Waals surface area contributed by atoms with Crippen molar-refractivity contribution in [2.75, 3.05) is 23.8 Å². The van der Waals surface area contributed by atoms with E-state index in [0.717, 1.165) is 68.6 Å². The van der Waals surface area contributed by atoms with Crippen molar-refractivity contribution in [2.24, 2.45) is 11.7 Å². The Morgan fingerprint density at radius 3 is 2.86 bits per heavy atom. The van der Waals surface area contributed by atoms with Crippen LogP contribution in [-0.4, -0.2) is 45.5 Å². The van der Waals surface area contributed by atoms with E-state index in [0.29, 0.717) is 18.0 Å². The summed E-state index contributed by atoms with van der Waals surface area (Å²) in [4.78, 5) is 8.93. The Labute approximate surface area is 172 Å². The molecule has 1 saturated heterocycles. The highest BCUT2D eigenvalue weighted by atomic mass is 16.5. The number of aromatic amines is 1. The highest BCUT2D eigenvalue weighted by molar-refractivity contribution is 5.53. The summed E-state index contributed by atoms with van der Waals surface area (Å²) < 4.78 is 5.44. The minimum atomic E-state index is 0.340. The Morgan fingerprint density at radius 2 is 2.03 bits per heavy atom. The number of nitrogens with zero attached hydrogens (tertiary/aromatic N) is 3. The molecule has 0 radical (unpaired) electrons. The first-order valence-corrected chi connectivity index (χ1v) is 11.0. The van der Waals surface area contributed by atoms with Gasteiger partial charge in [0, 0.05) is 43.3 Å². The molecule has 3 heterocycles. The molecule has 1 aliphatic heterocycles. The number of rotatable bonds is 9. The Morgan fingerprint density at radius 1 is 1.14 bits per heavy atom. The summed E-state index contributed by atoms with van der Waals surface area (Å²) in [5.41, 5.74) is 7.14. The van der Waals surface area contributed by atoms with Crippen LogP contribution in [0.4, 0.5) is 17.6 Å². The van der Waals surface area contributed by atoms with E-state index < -0.39 is 0 Å². The van der Waals surface area contributed by atoms with E-state index >= 15 is 0 Å². The molecular formula is C21H33N7O. The van der Waals surface area contributed by atoms with Gasteiger partial charge in [0.15, 0.2) is 5.82 Å². The number of aryl methyl sites for hydroxylation is 1. The van der Waals surface area contributed by atoms with E-state index in [4.69, 9.17) is 10.5 Å². The van der Waals surface area contributed by atoms with Crippen molar-refractivity contribution in [1.29, 1.82) is 0 Å². The molecule has 1 unspecified atom stereocenters. The molecule has 0 amide bonds. The van der Waals surface area contributed by atoms with Crippen molar-refractivity contribution in [1.82, 2.24) is 20.2 Å². The number of unbranched alkanes of at least 4 members (excludes halogenated alkanes) is 1. The van der Waals surface area contributed by atoms with Gasteiger partial charge in [-0.15, -0.1) is 0 Å². The third kappa shape index (κ3) is 6.14. The summed E-state index contributed by atoms with van der Waals surface area (Å²) >= 11 is 0. The lowest BCUT2D eigenvalue weighted by molar-refractivity contribution is 0.183. The highest BCUT2D eigenvalue weighted by Crippen LogP contribution is 2.22. The Kier molecular flexibility index (Phi) is 6.95. The SMILES string of the molecule is NC1CCC(Nc2nccc(Nc3cc(CCCCC4CCOC4)[nH]n3)n2)CC1. The molecule has 8 heteroatoms. The maximum absolute atomic E-state index is 5.99. The predicted octanol–water partition coefficient (Wildman–Crippen LogP) is 3.37. The Balaban J connectivity index is 1.23. The molecular weight excluding hydrogens is 366 g/mol. The fraction of sp³-hybridized carbons (Fsp3) is 0.667. The lowest BCUT2D eigenvalue weighted by Gasteiger charge is -2.26. The van der Waals surface area contributed by atoms with Crippen LogP contribution in [0.5, 0.6) is 0 Å². The predicted molar refractivity (Wildman–Crippen MR) is 114 cm³/mol. The van der Waals surface area contributed by atoms with Crippen LogP contribution in [0.2, 0.25) is 0 Å². The molecule has 158 valence electrons. The molecule has 2 fully saturated rings. The molecule has 1 aliphatic carbocycles. The van der Waals surface area contributed by atoms with E-state index in [2.05, 4.69) is 36.9 Å². The maximum Gasteiger partial charge on any atom is 0.224 e. The lowest BCUT2D eigenvalue weighted by atomic mass is 9.92. The van der Waals surface area contributed by atoms with Crippen LogP contribution in [0, 0.1) is 5.92 Å². The van der Waals surface area contributed by atoms with Gasteiger partial charge in [-0.25, -0.2) is 4.98 Å². The van der Waals surface area contributed by atoms with Crippen molar-refractivity contribution in [2.45, 2.75) is 69.9 Å². The van der Waals surface area contributed by atoms with E-state index in [1.165, 1.54) is 25.7 Å². The molecule has 2 aromatic heterocycles. The molecule has 2 aliphatic rings. The minimum Gasteiger partial charge on any atom is -0.381 e. The average molecular weight is 400 g/mol. The third-order valence-electron chi connectivity index (χ3n) is 5.98. The maximum atomic E-state index is 5.99. The Bertz CT molecular complexity index is 751. The summed E-state index contributed by atoms with van der Waals surface area (Å²) in [6.45, 7) is 1.89. The van der Waals surface area contributed by atoms with E-state index in [-0.39, 0.29) is 0 Å². The lowest BCUT2D eigenvalue weighted by Crippen LogP contribution is -2.33. The second-order valence-corrected chi connectivity index (χ2v) is 8.40. The van der Waals surface area contributed by atoms with Gasteiger partial charge in [0.05, 0.1) is 0 Å². The fourth-order valence-corrected chi connectivity index (χ4v) is 4.19. The van der Waals surface area contributed by atoms with Crippen molar-refractivity contribution in [3.63, 3.8) is 0 Å². The van der Waals surface area contributed by atoms with Crippen molar-refractivity contribution >= 4 is 17.6 Å². The van der Waals surface area contributed by atoms with Crippen LogP contribution in [0.3, 0.4) is 0 Å². The molecule has 8 nitrogen and oxygen atoms in total. The Hall–Kier alpha value is -2.19. The molecule has 0 aromatic carbocycles. The van der Waals surface area contributed by atoms with Gasteiger partial charge in [-0.05, 0) is 63.4 Å².